The molecule has 3 aromatic rings. The molecule has 0 fully saturated rings. The van der Waals surface area contributed by atoms with Crippen LogP contribution in [0.5, 0.6) is 0 Å². The number of pyridine rings is 1. The van der Waals surface area contributed by atoms with E-state index in [2.05, 4.69) is 20.4 Å². The van der Waals surface area contributed by atoms with Gasteiger partial charge in [0.2, 0.25) is 5.43 Å². The first-order valence-corrected chi connectivity index (χ1v) is 5.74. The van der Waals surface area contributed by atoms with Gasteiger partial charge >= 0.3 is 5.97 Å². The van der Waals surface area contributed by atoms with Gasteiger partial charge in [0.05, 0.1) is 17.5 Å². The fourth-order valence-corrected chi connectivity index (χ4v) is 1.94. The number of H-pyrrole nitrogens is 2. The maximum Gasteiger partial charge on any atom is 0.343 e. The van der Waals surface area contributed by atoms with Gasteiger partial charge in [-0.2, -0.15) is 5.10 Å². The highest BCUT2D eigenvalue weighted by molar-refractivity contribution is 6.03. The molecule has 2 N–H and O–H groups in total. The predicted molar refractivity (Wildman–Crippen MR) is 68.0 cm³/mol. The third kappa shape index (κ3) is 1.67. The van der Waals surface area contributed by atoms with Crippen LogP contribution in [0.15, 0.2) is 23.1 Å². The lowest BCUT2D eigenvalue weighted by atomic mass is 10.1. The van der Waals surface area contributed by atoms with Gasteiger partial charge in [0.1, 0.15) is 16.6 Å². The number of fused-ring (bicyclic) bond motifs is 3. The summed E-state index contributed by atoms with van der Waals surface area (Å²) in [4.78, 5) is 28.0. The predicted octanol–water partition coefficient (Wildman–Crippen LogP) is 0.976. The van der Waals surface area contributed by atoms with Crippen molar-refractivity contribution in [2.24, 2.45) is 0 Å². The molecule has 3 rings (SSSR count). The molecule has 0 amide bonds. The molecule has 96 valence electrons. The summed E-state index contributed by atoms with van der Waals surface area (Å²) in [5.41, 5.74) is 1.29. The molecule has 19 heavy (non-hydrogen) atoms. The van der Waals surface area contributed by atoms with Gasteiger partial charge in [0, 0.05) is 6.20 Å². The van der Waals surface area contributed by atoms with E-state index in [0.717, 1.165) is 5.52 Å². The second-order valence-corrected chi connectivity index (χ2v) is 3.93. The van der Waals surface area contributed by atoms with E-state index in [1.807, 2.05) is 0 Å². The topological polar surface area (TPSA) is 101 Å². The SMILES string of the molecule is CCOC(=O)c1cnc2c(ccc3[nH][nH]nc32)c1=O. The van der Waals surface area contributed by atoms with Crippen LogP contribution in [-0.2, 0) is 4.74 Å². The maximum absolute atomic E-state index is 12.2. The van der Waals surface area contributed by atoms with Crippen molar-refractivity contribution >= 4 is 27.9 Å². The summed E-state index contributed by atoms with van der Waals surface area (Å²) in [6, 6.07) is 3.32. The van der Waals surface area contributed by atoms with Gasteiger partial charge in [-0.15, -0.1) is 0 Å². The minimum absolute atomic E-state index is 0.0618. The lowest BCUT2D eigenvalue weighted by molar-refractivity contribution is 0.0524. The number of benzene rings is 1. The number of esters is 1. The summed E-state index contributed by atoms with van der Waals surface area (Å²) in [5, 5.41) is 9.76. The smallest absolute Gasteiger partial charge is 0.343 e. The van der Waals surface area contributed by atoms with E-state index in [9.17, 15) is 9.59 Å². The third-order valence-corrected chi connectivity index (χ3v) is 2.82. The van der Waals surface area contributed by atoms with E-state index < -0.39 is 11.4 Å². The molecule has 2 heterocycles. The molecule has 0 aliphatic rings. The molecule has 7 heteroatoms. The molecule has 0 atom stereocenters. The van der Waals surface area contributed by atoms with Crippen molar-refractivity contribution in [1.82, 2.24) is 20.4 Å². The normalized spacial score (nSPS) is 11.0. The van der Waals surface area contributed by atoms with Crippen LogP contribution in [0.4, 0.5) is 0 Å². The number of rotatable bonds is 2. The number of hydrogen-bond acceptors (Lipinski definition) is 5. The van der Waals surface area contributed by atoms with Gasteiger partial charge in [-0.1, -0.05) is 0 Å². The van der Waals surface area contributed by atoms with Crippen molar-refractivity contribution in [3.05, 3.63) is 34.1 Å². The molecule has 0 aliphatic heterocycles. The third-order valence-electron chi connectivity index (χ3n) is 2.82. The van der Waals surface area contributed by atoms with Gasteiger partial charge < -0.3 is 4.74 Å². The lowest BCUT2D eigenvalue weighted by Gasteiger charge is -2.02. The second-order valence-electron chi connectivity index (χ2n) is 3.93. The van der Waals surface area contributed by atoms with Gasteiger partial charge in [-0.25, -0.2) is 10.0 Å². The Morgan fingerprint density at radius 1 is 1.37 bits per heavy atom. The van der Waals surface area contributed by atoms with Crippen molar-refractivity contribution in [2.75, 3.05) is 6.61 Å². The molecular weight excluding hydrogens is 248 g/mol. The lowest BCUT2D eigenvalue weighted by Crippen LogP contribution is -2.18. The Morgan fingerprint density at radius 3 is 3.00 bits per heavy atom. The highest BCUT2D eigenvalue weighted by atomic mass is 16.5. The van der Waals surface area contributed by atoms with E-state index in [1.54, 1.807) is 19.1 Å². The van der Waals surface area contributed by atoms with Crippen molar-refractivity contribution in [1.29, 1.82) is 0 Å². The van der Waals surface area contributed by atoms with Crippen molar-refractivity contribution in [3.63, 3.8) is 0 Å². The number of nitrogens with one attached hydrogen (secondary N) is 2. The monoisotopic (exact) mass is 258 g/mol. The molecule has 0 unspecified atom stereocenters. The zero-order valence-corrected chi connectivity index (χ0v) is 10.1. The highest BCUT2D eigenvalue weighted by Gasteiger charge is 2.16. The Hall–Kier alpha value is -2.70. The van der Waals surface area contributed by atoms with Crippen molar-refractivity contribution < 1.29 is 9.53 Å². The van der Waals surface area contributed by atoms with E-state index in [4.69, 9.17) is 4.74 Å². The Morgan fingerprint density at radius 2 is 2.21 bits per heavy atom. The summed E-state index contributed by atoms with van der Waals surface area (Å²) < 4.78 is 4.82. The number of aromatic nitrogens is 4. The average molecular weight is 258 g/mol. The summed E-state index contributed by atoms with van der Waals surface area (Å²) in [6.45, 7) is 1.89. The van der Waals surface area contributed by atoms with Crippen LogP contribution in [0.3, 0.4) is 0 Å². The van der Waals surface area contributed by atoms with Crippen LogP contribution in [0.25, 0.3) is 21.9 Å². The number of hydrogen-bond donors (Lipinski definition) is 2. The van der Waals surface area contributed by atoms with Gasteiger partial charge in [-0.3, -0.25) is 14.9 Å². The fraction of sp³-hybridized carbons (Fsp3) is 0.167. The van der Waals surface area contributed by atoms with Crippen LogP contribution < -0.4 is 5.43 Å². The Kier molecular flexibility index (Phi) is 2.52. The van der Waals surface area contributed by atoms with Crippen molar-refractivity contribution in [3.8, 4) is 0 Å². The number of carbonyl (C=O) groups is 1. The number of ether oxygens (including phenoxy) is 1. The Labute approximate surface area is 106 Å². The highest BCUT2D eigenvalue weighted by Crippen LogP contribution is 2.17. The van der Waals surface area contributed by atoms with Gasteiger partial charge in [-0.05, 0) is 19.1 Å². The molecule has 0 spiro atoms. The molecule has 0 radical (unpaired) electrons. The van der Waals surface area contributed by atoms with E-state index in [-0.39, 0.29) is 12.2 Å². The van der Waals surface area contributed by atoms with Gasteiger partial charge in [0.15, 0.2) is 0 Å². The average Bonchev–Trinajstić information content (AvgIpc) is 2.87. The van der Waals surface area contributed by atoms with Crippen LogP contribution in [0.1, 0.15) is 17.3 Å². The Balaban J connectivity index is 2.30. The zero-order chi connectivity index (χ0) is 13.4. The maximum atomic E-state index is 12.2. The van der Waals surface area contributed by atoms with Crippen LogP contribution in [-0.4, -0.2) is 33.0 Å². The zero-order valence-electron chi connectivity index (χ0n) is 10.1. The fourth-order valence-electron chi connectivity index (χ4n) is 1.94. The summed E-state index contributed by atoms with van der Waals surface area (Å²) in [5.74, 6) is -0.657. The first kappa shape index (κ1) is 11.4. The number of nitrogens with zero attached hydrogens (tertiary/aromatic N) is 2. The summed E-state index contributed by atoms with van der Waals surface area (Å²) in [7, 11) is 0. The van der Waals surface area contributed by atoms with Gasteiger partial charge in [0.25, 0.3) is 0 Å². The minimum atomic E-state index is -0.657. The van der Waals surface area contributed by atoms with E-state index >= 15 is 0 Å². The molecular formula is C12H10N4O3. The first-order chi connectivity index (χ1) is 9.22. The molecule has 2 aromatic heterocycles. The van der Waals surface area contributed by atoms with Crippen LogP contribution in [0.2, 0.25) is 0 Å². The van der Waals surface area contributed by atoms with Crippen molar-refractivity contribution in [2.45, 2.75) is 6.92 Å². The number of carbonyl (C=O) groups excluding carboxylic acids is 1. The number of aromatic amines is 2. The first-order valence-electron chi connectivity index (χ1n) is 5.74. The van der Waals surface area contributed by atoms with E-state index in [1.165, 1.54) is 6.20 Å². The second kappa shape index (κ2) is 4.20. The Bertz CT molecular complexity index is 834. The largest absolute Gasteiger partial charge is 0.462 e. The molecule has 7 nitrogen and oxygen atoms in total. The van der Waals surface area contributed by atoms with Crippen LogP contribution in [0, 0.1) is 0 Å². The molecule has 0 bridgehead atoms. The quantitative estimate of drug-likeness (QED) is 0.667. The molecule has 0 saturated carbocycles. The standard InChI is InChI=1S/C12H10N4O3/c1-2-19-12(18)7-5-13-9-6(11(7)17)3-4-8-10(9)15-16-14-8/h3-5,14,16H,2H2,1H3. The molecule has 0 saturated heterocycles. The summed E-state index contributed by atoms with van der Waals surface area (Å²) >= 11 is 0. The van der Waals surface area contributed by atoms with E-state index in [0.29, 0.717) is 16.4 Å². The van der Waals surface area contributed by atoms with Crippen LogP contribution >= 0.6 is 0 Å². The summed E-state index contributed by atoms with van der Waals surface area (Å²) in [6.07, 6.45) is 1.23. The molecule has 1 aromatic carbocycles. The molecule has 0 aliphatic carbocycles. The minimum Gasteiger partial charge on any atom is -0.462 e.